The van der Waals surface area contributed by atoms with Crippen molar-refractivity contribution in [3.63, 3.8) is 0 Å². The number of benzene rings is 2. The number of aryl methyl sites for hydroxylation is 1. The summed E-state index contributed by atoms with van der Waals surface area (Å²) in [4.78, 5) is 22.9. The average molecular weight is 599 g/mol. The zero-order valence-electron chi connectivity index (χ0n) is 23.4. The van der Waals surface area contributed by atoms with Crippen molar-refractivity contribution in [1.29, 1.82) is 0 Å². The van der Waals surface area contributed by atoms with E-state index in [-0.39, 0.29) is 23.7 Å². The molecular weight excluding hydrogens is 566 g/mol. The van der Waals surface area contributed by atoms with Crippen LogP contribution in [-0.2, 0) is 29.0 Å². The Kier molecular flexibility index (Phi) is 9.35. The number of nitrogens with zero attached hydrogens (tertiary/aromatic N) is 4. The molecule has 2 aliphatic heterocycles. The standard InChI is InChI=1S/C31H33ClF2N4O4/c1-3-27(31(39)40)36-30-19(2)35-29(38(30)17-24-10-13-41-24)18-37-11-8-23(9-12-37)42-28-15-20(4-7-25(28)33)14-21-5-6-22(32)16-26(21)34/h3-7,15-16,23-24H,1,8-14,17-18H2,2H3,(H,39,40)/b36-27+/t24-/m0/s1. The first-order valence-corrected chi connectivity index (χ1v) is 14.3. The van der Waals surface area contributed by atoms with Gasteiger partial charge in [-0.05, 0) is 67.7 Å². The highest BCUT2D eigenvalue weighted by atomic mass is 35.5. The van der Waals surface area contributed by atoms with E-state index in [2.05, 4.69) is 16.5 Å². The Morgan fingerprint density at radius 2 is 1.98 bits per heavy atom. The molecule has 8 nitrogen and oxygen atoms in total. The van der Waals surface area contributed by atoms with Crippen molar-refractivity contribution >= 4 is 29.1 Å². The molecule has 0 radical (unpaired) electrons. The Balaban J connectivity index is 1.24. The number of aromatic nitrogens is 2. The summed E-state index contributed by atoms with van der Waals surface area (Å²) in [7, 11) is 0. The number of aliphatic carboxylic acids is 1. The van der Waals surface area contributed by atoms with Gasteiger partial charge >= 0.3 is 5.97 Å². The largest absolute Gasteiger partial charge is 0.487 e. The number of hydrogen-bond donors (Lipinski definition) is 1. The molecule has 3 aromatic rings. The van der Waals surface area contributed by atoms with Gasteiger partial charge in [-0.1, -0.05) is 30.3 Å². The second kappa shape index (κ2) is 13.1. The van der Waals surface area contributed by atoms with Crippen LogP contribution in [0.4, 0.5) is 14.6 Å². The van der Waals surface area contributed by atoms with Crippen molar-refractivity contribution in [3.05, 3.63) is 88.4 Å². The number of carbonyl (C=O) groups is 1. The normalized spacial score (nSPS) is 18.1. The van der Waals surface area contributed by atoms with Crippen LogP contribution < -0.4 is 4.74 Å². The SMILES string of the molecule is C=C/C(=N\c1c(C)nc(CN2CCC(Oc3cc(Cc4ccc(Cl)cc4F)ccc3F)CC2)n1C[C@@H]1CCO1)C(=O)O. The Labute approximate surface area is 248 Å². The molecule has 5 rings (SSSR count). The molecule has 1 N–H and O–H groups in total. The molecule has 0 amide bonds. The summed E-state index contributed by atoms with van der Waals surface area (Å²) in [6.45, 7) is 8.58. The van der Waals surface area contributed by atoms with Crippen LogP contribution in [0.25, 0.3) is 0 Å². The molecule has 42 heavy (non-hydrogen) atoms. The fourth-order valence-electron chi connectivity index (χ4n) is 5.20. The number of likely N-dealkylation sites (tertiary alicyclic amines) is 1. The van der Waals surface area contributed by atoms with Crippen molar-refractivity contribution in [2.24, 2.45) is 4.99 Å². The molecule has 2 aliphatic rings. The quantitative estimate of drug-likeness (QED) is 0.277. The molecule has 0 bridgehead atoms. The molecule has 2 aromatic carbocycles. The minimum atomic E-state index is -1.15. The maximum absolute atomic E-state index is 14.6. The van der Waals surface area contributed by atoms with Crippen LogP contribution in [0.1, 0.15) is 41.9 Å². The number of carboxylic acids is 1. The summed E-state index contributed by atoms with van der Waals surface area (Å²) in [6.07, 6.45) is 3.67. The number of halogens is 3. The molecule has 1 aromatic heterocycles. The molecule has 2 fully saturated rings. The van der Waals surface area contributed by atoms with Gasteiger partial charge in [0.05, 0.1) is 24.9 Å². The van der Waals surface area contributed by atoms with Crippen LogP contribution in [0.15, 0.2) is 54.0 Å². The fourth-order valence-corrected chi connectivity index (χ4v) is 5.36. The smallest absolute Gasteiger partial charge is 0.354 e. The van der Waals surface area contributed by atoms with E-state index in [4.69, 9.17) is 26.1 Å². The highest BCUT2D eigenvalue weighted by Crippen LogP contribution is 2.29. The molecule has 3 heterocycles. The van der Waals surface area contributed by atoms with E-state index in [0.717, 1.165) is 17.8 Å². The van der Waals surface area contributed by atoms with Gasteiger partial charge < -0.3 is 19.1 Å². The highest BCUT2D eigenvalue weighted by molar-refractivity contribution is 6.40. The van der Waals surface area contributed by atoms with Crippen molar-refractivity contribution in [1.82, 2.24) is 14.5 Å². The lowest BCUT2D eigenvalue weighted by atomic mass is 10.0. The van der Waals surface area contributed by atoms with E-state index < -0.39 is 17.6 Å². The molecule has 0 saturated carbocycles. The monoisotopic (exact) mass is 598 g/mol. The molecule has 0 spiro atoms. The second-order valence-electron chi connectivity index (χ2n) is 10.6. The minimum absolute atomic E-state index is 0.0317. The topological polar surface area (TPSA) is 89.2 Å². The number of ether oxygens (including phenoxy) is 2. The molecule has 1 atom stereocenters. The molecule has 0 unspecified atom stereocenters. The van der Waals surface area contributed by atoms with E-state index in [9.17, 15) is 18.7 Å². The van der Waals surface area contributed by atoms with E-state index in [1.807, 2.05) is 11.5 Å². The van der Waals surface area contributed by atoms with Gasteiger partial charge in [-0.25, -0.2) is 23.6 Å². The third-order valence-corrected chi connectivity index (χ3v) is 7.84. The zero-order chi connectivity index (χ0) is 29.8. The average Bonchev–Trinajstić information content (AvgIpc) is 3.22. The van der Waals surface area contributed by atoms with Crippen molar-refractivity contribution in [3.8, 4) is 5.75 Å². The summed E-state index contributed by atoms with van der Waals surface area (Å²) < 4.78 is 42.6. The Hall–Kier alpha value is -3.60. The van der Waals surface area contributed by atoms with Gasteiger partial charge in [0.15, 0.2) is 17.4 Å². The van der Waals surface area contributed by atoms with Gasteiger partial charge in [0.25, 0.3) is 0 Å². The van der Waals surface area contributed by atoms with Crippen LogP contribution in [0.2, 0.25) is 5.02 Å². The molecule has 0 aliphatic carbocycles. The van der Waals surface area contributed by atoms with Gasteiger partial charge in [-0.15, -0.1) is 0 Å². The van der Waals surface area contributed by atoms with E-state index in [1.54, 1.807) is 24.3 Å². The highest BCUT2D eigenvalue weighted by Gasteiger charge is 2.27. The van der Waals surface area contributed by atoms with Crippen molar-refractivity contribution in [2.45, 2.75) is 57.9 Å². The first-order chi connectivity index (χ1) is 20.2. The summed E-state index contributed by atoms with van der Waals surface area (Å²) >= 11 is 5.86. The van der Waals surface area contributed by atoms with Crippen LogP contribution in [-0.4, -0.2) is 63.1 Å². The Bertz CT molecular complexity index is 1500. The first-order valence-electron chi connectivity index (χ1n) is 13.9. The van der Waals surface area contributed by atoms with Crippen LogP contribution in [0.5, 0.6) is 5.75 Å². The zero-order valence-corrected chi connectivity index (χ0v) is 24.1. The molecule has 2 saturated heterocycles. The number of piperidine rings is 1. The number of hydrogen-bond acceptors (Lipinski definition) is 6. The number of imidazole rings is 1. The molecule has 222 valence electrons. The summed E-state index contributed by atoms with van der Waals surface area (Å²) in [5, 5.41) is 9.78. The lowest BCUT2D eigenvalue weighted by molar-refractivity contribution is -0.129. The van der Waals surface area contributed by atoms with Crippen LogP contribution in [0.3, 0.4) is 0 Å². The third kappa shape index (κ3) is 7.06. The van der Waals surface area contributed by atoms with Crippen molar-refractivity contribution < 1.29 is 28.2 Å². The maximum atomic E-state index is 14.6. The van der Waals surface area contributed by atoms with E-state index in [0.29, 0.717) is 74.1 Å². The summed E-state index contributed by atoms with van der Waals surface area (Å²) in [5.74, 6) is -0.583. The molecule has 11 heteroatoms. The lowest BCUT2D eigenvalue weighted by Gasteiger charge is -2.32. The van der Waals surface area contributed by atoms with Gasteiger partial charge in [-0.3, -0.25) is 4.90 Å². The first kappa shape index (κ1) is 29.9. The summed E-state index contributed by atoms with van der Waals surface area (Å²) in [5.41, 5.74) is 1.70. The predicted molar refractivity (Wildman–Crippen MR) is 156 cm³/mol. The van der Waals surface area contributed by atoms with E-state index in [1.165, 1.54) is 18.2 Å². The third-order valence-electron chi connectivity index (χ3n) is 7.60. The van der Waals surface area contributed by atoms with Gasteiger partial charge in [0, 0.05) is 31.1 Å². The fraction of sp³-hybridized carbons (Fsp3) is 0.387. The predicted octanol–water partition coefficient (Wildman–Crippen LogP) is 5.89. The molecular formula is C31H33ClF2N4O4. The van der Waals surface area contributed by atoms with Crippen LogP contribution >= 0.6 is 11.6 Å². The number of carboxylic acid groups (broad SMARTS) is 1. The Morgan fingerprint density at radius 1 is 1.21 bits per heavy atom. The van der Waals surface area contributed by atoms with Gasteiger partial charge in [-0.2, -0.15) is 0 Å². The van der Waals surface area contributed by atoms with Gasteiger partial charge in [0.2, 0.25) is 0 Å². The Morgan fingerprint density at radius 3 is 2.62 bits per heavy atom. The minimum Gasteiger partial charge on any atom is -0.487 e. The summed E-state index contributed by atoms with van der Waals surface area (Å²) in [6, 6.07) is 9.14. The number of rotatable bonds is 11. The second-order valence-corrected chi connectivity index (χ2v) is 11.0. The lowest BCUT2D eigenvalue weighted by Crippen LogP contribution is -2.39. The van der Waals surface area contributed by atoms with Crippen LogP contribution in [0, 0.1) is 18.6 Å². The van der Waals surface area contributed by atoms with Gasteiger partial charge in [0.1, 0.15) is 23.5 Å². The van der Waals surface area contributed by atoms with E-state index >= 15 is 0 Å². The maximum Gasteiger partial charge on any atom is 0.354 e. The number of aliphatic imine (C=N–C) groups is 1. The van der Waals surface area contributed by atoms with Crippen molar-refractivity contribution in [2.75, 3.05) is 19.7 Å².